The van der Waals surface area contributed by atoms with Gasteiger partial charge in [-0.1, -0.05) is 23.9 Å². The summed E-state index contributed by atoms with van der Waals surface area (Å²) in [5.41, 5.74) is 6.55. The van der Waals surface area contributed by atoms with E-state index < -0.39 is 0 Å². The normalized spacial score (nSPS) is 12.6. The third-order valence-electron chi connectivity index (χ3n) is 2.26. The van der Waals surface area contributed by atoms with E-state index in [1.807, 2.05) is 13.0 Å². The average Bonchev–Trinajstić information content (AvgIpc) is 2.72. The number of nitrogens with two attached hydrogens (primary N) is 1. The van der Waals surface area contributed by atoms with Crippen molar-refractivity contribution in [2.24, 2.45) is 5.73 Å². The summed E-state index contributed by atoms with van der Waals surface area (Å²) in [6.45, 7) is 2.23. The molecule has 1 atom stereocenters. The van der Waals surface area contributed by atoms with E-state index in [4.69, 9.17) is 5.73 Å². The van der Waals surface area contributed by atoms with Crippen LogP contribution >= 0.6 is 11.8 Å². The number of aromatic nitrogens is 3. The van der Waals surface area contributed by atoms with Crippen molar-refractivity contribution in [1.82, 2.24) is 15.2 Å². The number of aryl methyl sites for hydroxylation is 1. The Morgan fingerprint density at radius 3 is 2.94 bits per heavy atom. The van der Waals surface area contributed by atoms with Gasteiger partial charge in [0.2, 0.25) is 5.16 Å². The van der Waals surface area contributed by atoms with Gasteiger partial charge in [-0.25, -0.2) is 9.37 Å². The predicted molar refractivity (Wildman–Crippen MR) is 65.2 cm³/mol. The Morgan fingerprint density at radius 1 is 1.53 bits per heavy atom. The molecule has 0 bridgehead atoms. The molecule has 0 aliphatic rings. The van der Waals surface area contributed by atoms with Crippen LogP contribution in [0.25, 0.3) is 0 Å². The minimum absolute atomic E-state index is 0.0408. The number of nitrogens with zero attached hydrogens (tertiary/aromatic N) is 2. The fourth-order valence-corrected chi connectivity index (χ4v) is 2.38. The number of nitrogens with one attached hydrogen (secondary N) is 1. The molecule has 1 aromatic carbocycles. The lowest BCUT2D eigenvalue weighted by molar-refractivity contribution is 0.625. The molecular weight excluding hydrogens is 239 g/mol. The molecule has 0 radical (unpaired) electrons. The first kappa shape index (κ1) is 12.1. The lowest BCUT2D eigenvalue weighted by Crippen LogP contribution is -2.09. The minimum Gasteiger partial charge on any atom is -0.329 e. The molecule has 0 fully saturated rings. The van der Waals surface area contributed by atoms with Gasteiger partial charge in [-0.15, -0.1) is 5.10 Å². The van der Waals surface area contributed by atoms with Gasteiger partial charge < -0.3 is 5.73 Å². The van der Waals surface area contributed by atoms with Gasteiger partial charge in [0.05, 0.1) is 0 Å². The van der Waals surface area contributed by atoms with E-state index in [0.29, 0.717) is 11.7 Å². The Balaban J connectivity index is 2.16. The van der Waals surface area contributed by atoms with Crippen LogP contribution in [0, 0.1) is 12.7 Å². The molecule has 17 heavy (non-hydrogen) atoms. The van der Waals surface area contributed by atoms with Gasteiger partial charge in [0.1, 0.15) is 11.6 Å². The maximum atomic E-state index is 13.1. The molecule has 3 N–H and O–H groups in total. The van der Waals surface area contributed by atoms with Crippen LogP contribution < -0.4 is 5.73 Å². The summed E-state index contributed by atoms with van der Waals surface area (Å²) >= 11 is 1.43. The van der Waals surface area contributed by atoms with E-state index >= 15 is 0 Å². The van der Waals surface area contributed by atoms with E-state index in [1.165, 1.54) is 23.9 Å². The quantitative estimate of drug-likeness (QED) is 0.817. The fourth-order valence-electron chi connectivity index (χ4n) is 1.46. The molecule has 2 rings (SSSR count). The number of rotatable bonds is 4. The van der Waals surface area contributed by atoms with Gasteiger partial charge in [0.15, 0.2) is 0 Å². The molecule has 0 spiro atoms. The van der Waals surface area contributed by atoms with Crippen LogP contribution in [-0.4, -0.2) is 21.7 Å². The number of benzene rings is 1. The van der Waals surface area contributed by atoms with Gasteiger partial charge in [-0.05, 0) is 24.6 Å². The molecule has 90 valence electrons. The first-order valence-electron chi connectivity index (χ1n) is 5.20. The van der Waals surface area contributed by atoms with Crippen LogP contribution in [0.15, 0.2) is 29.4 Å². The monoisotopic (exact) mass is 252 g/mol. The maximum absolute atomic E-state index is 13.1. The third kappa shape index (κ3) is 3.04. The van der Waals surface area contributed by atoms with Crippen molar-refractivity contribution in [2.45, 2.75) is 17.3 Å². The zero-order valence-electron chi connectivity index (χ0n) is 9.35. The maximum Gasteiger partial charge on any atom is 0.209 e. The van der Waals surface area contributed by atoms with Gasteiger partial charge in [-0.3, -0.25) is 5.10 Å². The second-order valence-corrected chi connectivity index (χ2v) is 4.77. The van der Waals surface area contributed by atoms with Crippen LogP contribution in [0.2, 0.25) is 0 Å². The highest BCUT2D eigenvalue weighted by atomic mass is 32.2. The summed E-state index contributed by atoms with van der Waals surface area (Å²) in [5, 5.41) is 7.38. The number of hydrogen-bond donors (Lipinski definition) is 2. The molecule has 0 amide bonds. The standard InChI is InChI=1S/C11H13FN4S/c1-7-14-11(16-15-7)17-10(6-13)8-3-2-4-9(12)5-8/h2-5,10H,6,13H2,1H3,(H,14,15,16). The summed E-state index contributed by atoms with van der Waals surface area (Å²) < 4.78 is 13.1. The Morgan fingerprint density at radius 2 is 2.35 bits per heavy atom. The van der Waals surface area contributed by atoms with Crippen molar-refractivity contribution in [2.75, 3.05) is 6.54 Å². The second-order valence-electron chi connectivity index (χ2n) is 3.60. The summed E-state index contributed by atoms with van der Waals surface area (Å²) in [5.74, 6) is 0.496. The fraction of sp³-hybridized carbons (Fsp3) is 0.273. The zero-order chi connectivity index (χ0) is 12.3. The first-order valence-corrected chi connectivity index (χ1v) is 6.08. The Hall–Kier alpha value is -1.40. The molecule has 0 saturated heterocycles. The van der Waals surface area contributed by atoms with Crippen molar-refractivity contribution >= 4 is 11.8 Å². The Kier molecular flexibility index (Phi) is 3.75. The van der Waals surface area contributed by atoms with Crippen molar-refractivity contribution in [3.05, 3.63) is 41.5 Å². The highest BCUT2D eigenvalue weighted by Crippen LogP contribution is 2.32. The molecule has 6 heteroatoms. The van der Waals surface area contributed by atoms with E-state index in [2.05, 4.69) is 15.2 Å². The summed E-state index contributed by atoms with van der Waals surface area (Å²) in [6, 6.07) is 6.44. The summed E-state index contributed by atoms with van der Waals surface area (Å²) in [6.07, 6.45) is 0. The molecule has 2 aromatic rings. The molecule has 0 saturated carbocycles. The summed E-state index contributed by atoms with van der Waals surface area (Å²) in [4.78, 5) is 4.19. The van der Waals surface area contributed by atoms with Crippen LogP contribution in [0.1, 0.15) is 16.6 Å². The van der Waals surface area contributed by atoms with Crippen LogP contribution in [-0.2, 0) is 0 Å². The van der Waals surface area contributed by atoms with Crippen molar-refractivity contribution in [3.63, 3.8) is 0 Å². The van der Waals surface area contributed by atoms with Gasteiger partial charge in [0.25, 0.3) is 0 Å². The van der Waals surface area contributed by atoms with Crippen molar-refractivity contribution in [3.8, 4) is 0 Å². The van der Waals surface area contributed by atoms with E-state index in [9.17, 15) is 4.39 Å². The molecule has 1 heterocycles. The lowest BCUT2D eigenvalue weighted by atomic mass is 10.1. The highest BCUT2D eigenvalue weighted by Gasteiger charge is 2.14. The van der Waals surface area contributed by atoms with E-state index in [0.717, 1.165) is 11.4 Å². The largest absolute Gasteiger partial charge is 0.329 e. The first-order chi connectivity index (χ1) is 8.19. The number of thioether (sulfide) groups is 1. The zero-order valence-corrected chi connectivity index (χ0v) is 10.2. The predicted octanol–water partition coefficient (Wildman–Crippen LogP) is 2.04. The van der Waals surface area contributed by atoms with Gasteiger partial charge in [-0.2, -0.15) is 0 Å². The van der Waals surface area contributed by atoms with Gasteiger partial charge >= 0.3 is 0 Å². The number of hydrogen-bond acceptors (Lipinski definition) is 4. The van der Waals surface area contributed by atoms with E-state index in [1.54, 1.807) is 6.07 Å². The average molecular weight is 252 g/mol. The SMILES string of the molecule is Cc1nc(SC(CN)c2cccc(F)c2)n[nH]1. The molecule has 0 aliphatic heterocycles. The molecule has 4 nitrogen and oxygen atoms in total. The lowest BCUT2D eigenvalue weighted by Gasteiger charge is -2.12. The molecule has 0 aliphatic carbocycles. The van der Waals surface area contributed by atoms with E-state index in [-0.39, 0.29) is 11.1 Å². The number of aromatic amines is 1. The Bertz CT molecular complexity index is 500. The van der Waals surface area contributed by atoms with Crippen molar-refractivity contribution in [1.29, 1.82) is 0 Å². The van der Waals surface area contributed by atoms with Crippen LogP contribution in [0.5, 0.6) is 0 Å². The second kappa shape index (κ2) is 5.29. The van der Waals surface area contributed by atoms with Gasteiger partial charge in [0, 0.05) is 11.8 Å². The molecule has 1 aromatic heterocycles. The Labute approximate surface area is 103 Å². The smallest absolute Gasteiger partial charge is 0.209 e. The number of H-pyrrole nitrogens is 1. The third-order valence-corrected chi connectivity index (χ3v) is 3.40. The summed E-state index contributed by atoms with van der Waals surface area (Å²) in [7, 11) is 0. The topological polar surface area (TPSA) is 67.6 Å². The van der Waals surface area contributed by atoms with Crippen LogP contribution in [0.4, 0.5) is 4.39 Å². The molecule has 1 unspecified atom stereocenters. The van der Waals surface area contributed by atoms with Crippen LogP contribution in [0.3, 0.4) is 0 Å². The minimum atomic E-state index is -0.257. The molecular formula is C11H13FN4S. The number of halogens is 1. The van der Waals surface area contributed by atoms with Crippen molar-refractivity contribution < 1.29 is 4.39 Å². The highest BCUT2D eigenvalue weighted by molar-refractivity contribution is 7.99.